The number of rotatable bonds is 2. The largest absolute Gasteiger partial charge is 0.355 e. The van der Waals surface area contributed by atoms with E-state index in [1.54, 1.807) is 11.1 Å². The highest BCUT2D eigenvalue weighted by Gasteiger charge is 2.61. The van der Waals surface area contributed by atoms with E-state index in [4.69, 9.17) is 0 Å². The van der Waals surface area contributed by atoms with Crippen LogP contribution >= 0.6 is 0 Å². The highest BCUT2D eigenvalue weighted by atomic mass is 14.9. The number of hydrogen-bond donors (Lipinski definition) is 1. The van der Waals surface area contributed by atoms with E-state index < -0.39 is 0 Å². The van der Waals surface area contributed by atoms with Crippen LogP contribution in [0.2, 0.25) is 0 Å². The Bertz CT molecular complexity index is 1380. The third-order valence-corrected chi connectivity index (χ3v) is 9.62. The second kappa shape index (κ2) is 6.50. The molecule has 0 heterocycles. The Morgan fingerprint density at radius 1 is 0.606 bits per heavy atom. The van der Waals surface area contributed by atoms with Gasteiger partial charge in [-0.2, -0.15) is 0 Å². The van der Waals surface area contributed by atoms with E-state index in [1.165, 1.54) is 65.4 Å². The van der Waals surface area contributed by atoms with Gasteiger partial charge in [0.15, 0.2) is 0 Å². The molecule has 0 radical (unpaired) electrons. The molecular weight excluding hydrogens is 398 g/mol. The van der Waals surface area contributed by atoms with Gasteiger partial charge in [-0.15, -0.1) is 0 Å². The van der Waals surface area contributed by atoms with Crippen LogP contribution in [0.1, 0.15) is 43.2 Å². The van der Waals surface area contributed by atoms with Gasteiger partial charge < -0.3 is 5.32 Å². The average Bonchev–Trinajstić information content (AvgIpc) is 3.13. The second-order valence-electron chi connectivity index (χ2n) is 11.1. The quantitative estimate of drug-likeness (QED) is 0.339. The molecule has 0 saturated heterocycles. The molecule has 0 aliphatic heterocycles. The number of hydrogen-bond acceptors (Lipinski definition) is 1. The molecule has 4 aromatic rings. The number of fused-ring (bicyclic) bond motifs is 4. The molecule has 4 bridgehead atoms. The van der Waals surface area contributed by atoms with Crippen LogP contribution in [-0.4, -0.2) is 0 Å². The van der Waals surface area contributed by atoms with Crippen molar-refractivity contribution in [2.24, 2.45) is 23.7 Å². The maximum atomic E-state index is 3.76. The molecule has 5 aliphatic rings. The first-order valence-corrected chi connectivity index (χ1v) is 12.8. The predicted octanol–water partition coefficient (Wildman–Crippen LogP) is 8.31. The Labute approximate surface area is 195 Å². The lowest BCUT2D eigenvalue weighted by molar-refractivity contribution is -0.0399. The van der Waals surface area contributed by atoms with E-state index in [-0.39, 0.29) is 5.41 Å². The van der Waals surface area contributed by atoms with Crippen LogP contribution in [0.25, 0.3) is 21.9 Å². The fraction of sp³-hybridized carbons (Fsp3) is 0.312. The molecule has 9 rings (SSSR count). The molecule has 0 aromatic heterocycles. The predicted molar refractivity (Wildman–Crippen MR) is 137 cm³/mol. The molecule has 4 saturated carbocycles. The Hall–Kier alpha value is -3.06. The number of nitrogens with one attached hydrogen (secondary N) is 1. The molecule has 1 nitrogen and oxygen atoms in total. The molecule has 5 aliphatic carbocycles. The molecule has 0 unspecified atom stereocenters. The molecule has 1 spiro atoms. The van der Waals surface area contributed by atoms with Gasteiger partial charge >= 0.3 is 0 Å². The summed E-state index contributed by atoms with van der Waals surface area (Å²) in [4.78, 5) is 0. The summed E-state index contributed by atoms with van der Waals surface area (Å²) >= 11 is 0. The number of benzene rings is 4. The fourth-order valence-corrected chi connectivity index (χ4v) is 8.73. The zero-order valence-electron chi connectivity index (χ0n) is 18.9. The second-order valence-corrected chi connectivity index (χ2v) is 11.1. The van der Waals surface area contributed by atoms with Crippen molar-refractivity contribution >= 4 is 22.1 Å². The topological polar surface area (TPSA) is 12.0 Å². The van der Waals surface area contributed by atoms with Crippen LogP contribution in [0.15, 0.2) is 84.9 Å². The van der Waals surface area contributed by atoms with Crippen LogP contribution < -0.4 is 5.32 Å². The van der Waals surface area contributed by atoms with E-state index in [0.717, 1.165) is 23.7 Å². The maximum Gasteiger partial charge on any atom is 0.0463 e. The minimum absolute atomic E-state index is 0.261. The lowest BCUT2D eigenvalue weighted by atomic mass is 9.43. The molecule has 0 atom stereocenters. The van der Waals surface area contributed by atoms with Crippen molar-refractivity contribution in [1.82, 2.24) is 0 Å². The lowest BCUT2D eigenvalue weighted by Gasteiger charge is -2.61. The van der Waals surface area contributed by atoms with E-state index in [9.17, 15) is 0 Å². The summed E-state index contributed by atoms with van der Waals surface area (Å²) in [6.07, 6.45) is 7.27. The van der Waals surface area contributed by atoms with E-state index in [2.05, 4.69) is 90.2 Å². The van der Waals surface area contributed by atoms with Gasteiger partial charge in [-0.1, -0.05) is 66.7 Å². The monoisotopic (exact) mass is 427 g/mol. The Balaban J connectivity index is 1.28. The standard InChI is InChI=1S/C32H29N/c1-2-8-26-22(6-1)7-5-11-31(26)33-25-12-13-30-28(19-25)27-9-3-4-10-29(27)32(30)23-15-20-14-21(17-23)18-24(32)16-20/h1-13,19-21,23-24,33H,14-18H2. The summed E-state index contributed by atoms with van der Waals surface area (Å²) < 4.78 is 0. The highest BCUT2D eigenvalue weighted by molar-refractivity contribution is 5.96. The van der Waals surface area contributed by atoms with E-state index in [0.29, 0.717) is 0 Å². The summed E-state index contributed by atoms with van der Waals surface area (Å²) in [5.41, 5.74) is 8.86. The summed E-state index contributed by atoms with van der Waals surface area (Å²) in [7, 11) is 0. The van der Waals surface area contributed by atoms with Gasteiger partial charge in [0.25, 0.3) is 0 Å². The minimum atomic E-state index is 0.261. The van der Waals surface area contributed by atoms with Crippen molar-refractivity contribution in [1.29, 1.82) is 0 Å². The van der Waals surface area contributed by atoms with Gasteiger partial charge in [0.05, 0.1) is 0 Å². The van der Waals surface area contributed by atoms with Crippen molar-refractivity contribution in [2.75, 3.05) is 5.32 Å². The Morgan fingerprint density at radius 2 is 1.30 bits per heavy atom. The molecular formula is C32H29N. The molecule has 4 aromatic carbocycles. The molecule has 0 amide bonds. The fourth-order valence-electron chi connectivity index (χ4n) is 8.73. The van der Waals surface area contributed by atoms with Crippen molar-refractivity contribution in [2.45, 2.75) is 37.5 Å². The normalized spacial score (nSPS) is 30.5. The molecule has 1 heteroatoms. The molecule has 162 valence electrons. The first-order valence-electron chi connectivity index (χ1n) is 12.8. The van der Waals surface area contributed by atoms with E-state index >= 15 is 0 Å². The first-order chi connectivity index (χ1) is 16.3. The smallest absolute Gasteiger partial charge is 0.0463 e. The Morgan fingerprint density at radius 3 is 2.15 bits per heavy atom. The van der Waals surface area contributed by atoms with Gasteiger partial charge in [0, 0.05) is 22.2 Å². The summed E-state index contributed by atoms with van der Waals surface area (Å²) in [5, 5.41) is 6.32. The average molecular weight is 428 g/mol. The lowest BCUT2D eigenvalue weighted by Crippen LogP contribution is -2.55. The zero-order chi connectivity index (χ0) is 21.6. The van der Waals surface area contributed by atoms with E-state index in [1.807, 2.05) is 0 Å². The van der Waals surface area contributed by atoms with Crippen LogP contribution in [0.5, 0.6) is 0 Å². The van der Waals surface area contributed by atoms with Gasteiger partial charge in [0.1, 0.15) is 0 Å². The highest BCUT2D eigenvalue weighted by Crippen LogP contribution is 2.69. The molecule has 33 heavy (non-hydrogen) atoms. The SMILES string of the molecule is c1ccc2c(c1)-c1cc(Nc3cccc4ccccc34)ccc1C21C2CC3CC(C2)CC1C3. The van der Waals surface area contributed by atoms with Gasteiger partial charge in [-0.25, -0.2) is 0 Å². The molecule has 1 N–H and O–H groups in total. The van der Waals surface area contributed by atoms with Crippen LogP contribution in [0, 0.1) is 23.7 Å². The van der Waals surface area contributed by atoms with Crippen molar-refractivity contribution in [3.63, 3.8) is 0 Å². The van der Waals surface area contributed by atoms with Gasteiger partial charge in [-0.3, -0.25) is 0 Å². The molecule has 4 fully saturated rings. The summed E-state index contributed by atoms with van der Waals surface area (Å²) in [5.74, 6) is 3.63. The number of anilines is 2. The van der Waals surface area contributed by atoms with Crippen molar-refractivity contribution in [3.8, 4) is 11.1 Å². The van der Waals surface area contributed by atoms with Crippen LogP contribution in [0.4, 0.5) is 11.4 Å². The van der Waals surface area contributed by atoms with Gasteiger partial charge in [-0.05, 0) is 102 Å². The zero-order valence-corrected chi connectivity index (χ0v) is 18.9. The third kappa shape index (κ3) is 2.38. The van der Waals surface area contributed by atoms with Gasteiger partial charge in [0.2, 0.25) is 0 Å². The van der Waals surface area contributed by atoms with Crippen LogP contribution in [-0.2, 0) is 5.41 Å². The minimum Gasteiger partial charge on any atom is -0.355 e. The summed E-state index contributed by atoms with van der Waals surface area (Å²) in [6, 6.07) is 31.8. The Kier molecular flexibility index (Phi) is 3.62. The maximum absolute atomic E-state index is 3.76. The third-order valence-electron chi connectivity index (χ3n) is 9.62. The van der Waals surface area contributed by atoms with Crippen LogP contribution in [0.3, 0.4) is 0 Å². The van der Waals surface area contributed by atoms with Crippen molar-refractivity contribution in [3.05, 3.63) is 96.1 Å². The first kappa shape index (κ1) is 18.4. The van der Waals surface area contributed by atoms with Crippen molar-refractivity contribution < 1.29 is 0 Å². The summed E-state index contributed by atoms with van der Waals surface area (Å²) in [6.45, 7) is 0.